The second kappa shape index (κ2) is 3.06. The first kappa shape index (κ1) is 8.62. The van der Waals surface area contributed by atoms with Crippen LogP contribution >= 0.6 is 0 Å². The Morgan fingerprint density at radius 3 is 2.29 bits per heavy atom. The summed E-state index contributed by atoms with van der Waals surface area (Å²) in [5.41, 5.74) is 1.71. The summed E-state index contributed by atoms with van der Waals surface area (Å²) in [5, 5.41) is 4.81. The molecule has 0 fully saturated rings. The van der Waals surface area contributed by atoms with Crippen LogP contribution in [0.4, 0.5) is 5.69 Å². The van der Waals surface area contributed by atoms with Gasteiger partial charge in [-0.1, -0.05) is 17.7 Å². The van der Waals surface area contributed by atoms with Crippen molar-refractivity contribution in [3.05, 3.63) is 29.8 Å². The van der Waals surface area contributed by atoms with Crippen molar-refractivity contribution < 1.29 is 9.59 Å². The third-order valence-electron chi connectivity index (χ3n) is 1.97. The number of anilines is 1. The fraction of sp³-hybridized carbons (Fsp3) is 0.100. The predicted molar refractivity (Wildman–Crippen MR) is 52.2 cm³/mol. The molecule has 0 bridgehead atoms. The van der Waals surface area contributed by atoms with E-state index in [9.17, 15) is 9.59 Å². The maximum Gasteiger partial charge on any atom is 0.320 e. The zero-order valence-corrected chi connectivity index (χ0v) is 7.60. The van der Waals surface area contributed by atoms with E-state index in [4.69, 9.17) is 0 Å². The van der Waals surface area contributed by atoms with Crippen molar-refractivity contribution in [3.8, 4) is 0 Å². The number of hydrogen-bond acceptors (Lipinski definition) is 3. The van der Waals surface area contributed by atoms with Crippen LogP contribution < -0.4 is 5.01 Å². The van der Waals surface area contributed by atoms with E-state index in [1.165, 1.54) is 0 Å². The van der Waals surface area contributed by atoms with Gasteiger partial charge in [-0.3, -0.25) is 9.59 Å². The smallest absolute Gasteiger partial charge is 0.282 e. The lowest BCUT2D eigenvalue weighted by molar-refractivity contribution is -0.131. The predicted octanol–water partition coefficient (Wildman–Crippen LogP) is 0.897. The molecular formula is C10H8N2O2. The van der Waals surface area contributed by atoms with E-state index >= 15 is 0 Å². The molecule has 0 saturated carbocycles. The zero-order chi connectivity index (χ0) is 10.1. The maximum absolute atomic E-state index is 11.2. The van der Waals surface area contributed by atoms with Crippen LogP contribution in [0.5, 0.6) is 0 Å². The van der Waals surface area contributed by atoms with E-state index in [0.717, 1.165) is 16.8 Å². The number of hydrogen-bond donors (Lipinski definition) is 0. The molecule has 1 aromatic carbocycles. The minimum atomic E-state index is -0.603. The van der Waals surface area contributed by atoms with Crippen LogP contribution in [0.25, 0.3) is 0 Å². The number of aryl methyl sites for hydroxylation is 1. The third kappa shape index (κ3) is 1.31. The SMILES string of the molecule is Cc1ccc(N2N=CC(=O)C2=O)cc1. The molecular weight excluding hydrogens is 180 g/mol. The van der Waals surface area contributed by atoms with Gasteiger partial charge in [-0.25, -0.2) is 0 Å². The lowest BCUT2D eigenvalue weighted by Crippen LogP contribution is -2.25. The standard InChI is InChI=1S/C10H8N2O2/c1-7-2-4-8(5-3-7)12-10(14)9(13)6-11-12/h2-6H,1H3. The Balaban J connectivity index is 2.33. The van der Waals surface area contributed by atoms with Gasteiger partial charge in [-0.05, 0) is 19.1 Å². The molecule has 0 aromatic heterocycles. The van der Waals surface area contributed by atoms with E-state index < -0.39 is 11.7 Å². The first-order chi connectivity index (χ1) is 6.68. The Morgan fingerprint density at radius 2 is 1.79 bits per heavy atom. The summed E-state index contributed by atoms with van der Waals surface area (Å²) in [6.07, 6.45) is 1.03. The Bertz CT molecular complexity index is 420. The maximum atomic E-state index is 11.2. The number of hydrazone groups is 1. The van der Waals surface area contributed by atoms with E-state index in [2.05, 4.69) is 5.10 Å². The zero-order valence-electron chi connectivity index (χ0n) is 7.60. The molecule has 1 heterocycles. The number of amides is 1. The van der Waals surface area contributed by atoms with Crippen molar-refractivity contribution in [2.24, 2.45) is 5.10 Å². The number of carbonyl (C=O) groups excluding carboxylic acids is 2. The van der Waals surface area contributed by atoms with Crippen LogP contribution in [0.15, 0.2) is 29.4 Å². The summed E-state index contributed by atoms with van der Waals surface area (Å²) in [6, 6.07) is 7.23. The molecule has 14 heavy (non-hydrogen) atoms. The minimum absolute atomic E-state index is 0.578. The fourth-order valence-electron chi connectivity index (χ4n) is 1.19. The molecule has 70 valence electrons. The number of benzene rings is 1. The average molecular weight is 188 g/mol. The topological polar surface area (TPSA) is 49.7 Å². The van der Waals surface area contributed by atoms with Crippen LogP contribution in [0, 0.1) is 6.92 Å². The second-order valence-electron chi connectivity index (χ2n) is 3.06. The highest BCUT2D eigenvalue weighted by Crippen LogP contribution is 2.17. The van der Waals surface area contributed by atoms with E-state index in [0.29, 0.717) is 5.69 Å². The first-order valence-electron chi connectivity index (χ1n) is 4.17. The molecule has 4 heteroatoms. The fourth-order valence-corrected chi connectivity index (χ4v) is 1.19. The molecule has 0 aliphatic carbocycles. The van der Waals surface area contributed by atoms with E-state index in [-0.39, 0.29) is 0 Å². The average Bonchev–Trinajstić information content (AvgIpc) is 2.50. The van der Waals surface area contributed by atoms with E-state index in [1.54, 1.807) is 12.1 Å². The highest BCUT2D eigenvalue weighted by Gasteiger charge is 2.26. The lowest BCUT2D eigenvalue weighted by atomic mass is 10.2. The molecule has 1 amide bonds. The van der Waals surface area contributed by atoms with Crippen molar-refractivity contribution in [1.82, 2.24) is 0 Å². The van der Waals surface area contributed by atoms with E-state index in [1.807, 2.05) is 19.1 Å². The normalized spacial score (nSPS) is 15.4. The highest BCUT2D eigenvalue weighted by molar-refractivity contribution is 6.63. The molecule has 4 nitrogen and oxygen atoms in total. The van der Waals surface area contributed by atoms with Gasteiger partial charge in [-0.15, -0.1) is 0 Å². The summed E-state index contributed by atoms with van der Waals surface area (Å²) in [5.74, 6) is -1.18. The number of Topliss-reactive ketones (excluding diaryl/α,β-unsaturated/α-hetero) is 1. The molecule has 1 aromatic rings. The van der Waals surface area contributed by atoms with Gasteiger partial charge >= 0.3 is 5.91 Å². The summed E-state index contributed by atoms with van der Waals surface area (Å²) < 4.78 is 0. The number of carbonyl (C=O) groups is 2. The van der Waals surface area contributed by atoms with Gasteiger partial charge in [0.15, 0.2) is 0 Å². The van der Waals surface area contributed by atoms with Crippen LogP contribution in [0.2, 0.25) is 0 Å². The summed E-state index contributed by atoms with van der Waals surface area (Å²) >= 11 is 0. The third-order valence-corrected chi connectivity index (χ3v) is 1.97. The largest absolute Gasteiger partial charge is 0.320 e. The van der Waals surface area contributed by atoms with Crippen molar-refractivity contribution in [2.75, 3.05) is 5.01 Å². The Hall–Kier alpha value is -1.97. The summed E-state index contributed by atoms with van der Waals surface area (Å²) in [6.45, 7) is 1.95. The summed E-state index contributed by atoms with van der Waals surface area (Å²) in [4.78, 5) is 22.1. The Kier molecular flexibility index (Phi) is 1.89. The number of rotatable bonds is 1. The molecule has 0 unspecified atom stereocenters. The first-order valence-corrected chi connectivity index (χ1v) is 4.17. The quantitative estimate of drug-likeness (QED) is 0.615. The minimum Gasteiger partial charge on any atom is -0.282 e. The monoisotopic (exact) mass is 188 g/mol. The lowest BCUT2D eigenvalue weighted by Gasteiger charge is -2.10. The molecule has 1 aliphatic heterocycles. The molecule has 0 saturated heterocycles. The molecule has 0 N–H and O–H groups in total. The van der Waals surface area contributed by atoms with Gasteiger partial charge in [0.25, 0.3) is 5.78 Å². The van der Waals surface area contributed by atoms with Gasteiger partial charge in [0.05, 0.1) is 5.69 Å². The Morgan fingerprint density at radius 1 is 1.14 bits per heavy atom. The molecule has 0 atom stereocenters. The Labute approximate surface area is 80.8 Å². The van der Waals surface area contributed by atoms with Crippen LogP contribution in [0.1, 0.15) is 5.56 Å². The van der Waals surface area contributed by atoms with Gasteiger partial charge in [0, 0.05) is 0 Å². The molecule has 2 rings (SSSR count). The molecule has 0 radical (unpaired) electrons. The van der Waals surface area contributed by atoms with Gasteiger partial charge in [0.2, 0.25) is 0 Å². The van der Waals surface area contributed by atoms with Crippen LogP contribution in [-0.2, 0) is 9.59 Å². The molecule has 0 spiro atoms. The van der Waals surface area contributed by atoms with Gasteiger partial charge in [0.1, 0.15) is 6.21 Å². The number of ketones is 1. The van der Waals surface area contributed by atoms with Crippen molar-refractivity contribution in [2.45, 2.75) is 6.92 Å². The van der Waals surface area contributed by atoms with Gasteiger partial charge in [-0.2, -0.15) is 10.1 Å². The van der Waals surface area contributed by atoms with Gasteiger partial charge < -0.3 is 0 Å². The van der Waals surface area contributed by atoms with Crippen molar-refractivity contribution in [1.29, 1.82) is 0 Å². The van der Waals surface area contributed by atoms with Crippen molar-refractivity contribution in [3.63, 3.8) is 0 Å². The molecule has 1 aliphatic rings. The van der Waals surface area contributed by atoms with Crippen LogP contribution in [-0.4, -0.2) is 17.9 Å². The second-order valence-corrected chi connectivity index (χ2v) is 3.06. The van der Waals surface area contributed by atoms with Crippen molar-refractivity contribution >= 4 is 23.6 Å². The number of nitrogens with zero attached hydrogens (tertiary/aromatic N) is 2. The van der Waals surface area contributed by atoms with Crippen LogP contribution in [0.3, 0.4) is 0 Å². The highest BCUT2D eigenvalue weighted by atomic mass is 16.2. The summed E-state index contributed by atoms with van der Waals surface area (Å²) in [7, 11) is 0.